The Hall–Kier alpha value is -5.62. The van der Waals surface area contributed by atoms with Gasteiger partial charge >= 0.3 is 0 Å². The Morgan fingerprint density at radius 3 is 1.40 bits per heavy atom. The minimum atomic E-state index is -0.810. The average molecular weight is 545 g/mol. The first-order valence-corrected chi connectivity index (χ1v) is 12.0. The summed E-state index contributed by atoms with van der Waals surface area (Å²) in [6.45, 7) is 3.18. The van der Waals surface area contributed by atoms with Gasteiger partial charge < -0.3 is 20.1 Å². The second kappa shape index (κ2) is 15.0. The van der Waals surface area contributed by atoms with Gasteiger partial charge in [0.2, 0.25) is 11.8 Å². The molecule has 0 unspecified atom stereocenters. The molecule has 2 rings (SSSR count). The lowest BCUT2D eigenvalue weighted by molar-refractivity contribution is -0.129. The Morgan fingerprint density at radius 1 is 0.725 bits per heavy atom. The van der Waals surface area contributed by atoms with Crippen molar-refractivity contribution >= 4 is 35.0 Å². The highest BCUT2D eigenvalue weighted by Crippen LogP contribution is 2.39. The molecule has 0 saturated heterocycles. The van der Waals surface area contributed by atoms with Crippen LogP contribution in [0.2, 0.25) is 0 Å². The molecule has 4 N–H and O–H groups in total. The molecular formula is C28H28N6O6. The van der Waals surface area contributed by atoms with Crippen molar-refractivity contribution in [2.45, 2.75) is 26.7 Å². The minimum absolute atomic E-state index is 0.104. The van der Waals surface area contributed by atoms with E-state index in [9.17, 15) is 29.7 Å². The molecule has 4 amide bonds. The third-order valence-corrected chi connectivity index (χ3v) is 5.34. The Kier molecular flexibility index (Phi) is 11.4. The highest BCUT2D eigenvalue weighted by Gasteiger charge is 2.15. The van der Waals surface area contributed by atoms with E-state index >= 15 is 0 Å². The van der Waals surface area contributed by atoms with Crippen LogP contribution in [0.15, 0.2) is 59.9 Å². The molecule has 0 aliphatic rings. The first kappa shape index (κ1) is 30.6. The van der Waals surface area contributed by atoms with Crippen molar-refractivity contribution in [1.29, 1.82) is 10.5 Å². The fourth-order valence-electron chi connectivity index (χ4n) is 3.18. The largest absolute Gasteiger partial charge is 0.496 e. The van der Waals surface area contributed by atoms with Crippen LogP contribution < -0.4 is 30.7 Å². The lowest BCUT2D eigenvalue weighted by Crippen LogP contribution is -2.30. The molecule has 0 aromatic heterocycles. The molecule has 2 aromatic carbocycles. The van der Waals surface area contributed by atoms with Gasteiger partial charge in [-0.25, -0.2) is 0 Å². The monoisotopic (exact) mass is 544 g/mol. The van der Waals surface area contributed by atoms with Crippen molar-refractivity contribution < 1.29 is 28.7 Å². The maximum absolute atomic E-state index is 12.1. The lowest BCUT2D eigenvalue weighted by atomic mass is 10.0. The standard InChI is InChI=1S/C28H28N6O6/c1-5-25(35)33-27(37)17(13-29)15-31-19-7-9-21(23(11-19)39-3)22-10-8-20(12-24(22)40-4)32-16-18(14-30)28(38)34-26(36)6-2/h7-12,15-16,31-32H,5-6H2,1-4H3,(H,33,35,37)(H,34,36,38)/b17-15+,18-16+. The average Bonchev–Trinajstić information content (AvgIpc) is 2.97. The van der Waals surface area contributed by atoms with Crippen LogP contribution in [0.25, 0.3) is 11.1 Å². The molecule has 0 radical (unpaired) electrons. The number of nitrogens with zero attached hydrogens (tertiary/aromatic N) is 2. The molecule has 0 spiro atoms. The molecule has 40 heavy (non-hydrogen) atoms. The summed E-state index contributed by atoms with van der Waals surface area (Å²) in [5, 5.41) is 28.5. The maximum atomic E-state index is 12.1. The number of nitrogens with one attached hydrogen (secondary N) is 4. The first-order chi connectivity index (χ1) is 19.2. The van der Waals surface area contributed by atoms with E-state index in [0.29, 0.717) is 34.0 Å². The zero-order valence-electron chi connectivity index (χ0n) is 22.4. The second-order valence-electron chi connectivity index (χ2n) is 7.92. The molecule has 12 heteroatoms. The van der Waals surface area contributed by atoms with E-state index in [-0.39, 0.29) is 24.0 Å². The van der Waals surface area contributed by atoms with Gasteiger partial charge in [0.05, 0.1) is 14.2 Å². The third kappa shape index (κ3) is 8.19. The van der Waals surface area contributed by atoms with E-state index < -0.39 is 23.6 Å². The van der Waals surface area contributed by atoms with Crippen LogP contribution in [-0.2, 0) is 19.2 Å². The van der Waals surface area contributed by atoms with E-state index in [2.05, 4.69) is 21.3 Å². The van der Waals surface area contributed by atoms with E-state index in [0.717, 1.165) is 0 Å². The molecule has 0 aliphatic carbocycles. The van der Waals surface area contributed by atoms with Crippen molar-refractivity contribution in [1.82, 2.24) is 10.6 Å². The van der Waals surface area contributed by atoms with Gasteiger partial charge in [0.15, 0.2) is 0 Å². The number of amides is 4. The van der Waals surface area contributed by atoms with Crippen LogP contribution in [0.5, 0.6) is 11.5 Å². The van der Waals surface area contributed by atoms with Crippen molar-refractivity contribution in [2.24, 2.45) is 0 Å². The summed E-state index contributed by atoms with van der Waals surface area (Å²) in [5.74, 6) is -1.71. The quantitative estimate of drug-likeness (QED) is 0.242. The number of ether oxygens (including phenoxy) is 2. The topological polar surface area (TPSA) is 182 Å². The summed E-state index contributed by atoms with van der Waals surface area (Å²) in [7, 11) is 2.96. The van der Waals surface area contributed by atoms with Crippen LogP contribution in [0.3, 0.4) is 0 Å². The van der Waals surface area contributed by atoms with Gasteiger partial charge in [-0.3, -0.25) is 29.8 Å². The Balaban J connectivity index is 2.30. The highest BCUT2D eigenvalue weighted by molar-refractivity contribution is 6.07. The van der Waals surface area contributed by atoms with Crippen molar-refractivity contribution in [2.75, 3.05) is 24.9 Å². The number of methoxy groups -OCH3 is 2. The van der Waals surface area contributed by atoms with Gasteiger partial charge in [-0.2, -0.15) is 10.5 Å². The number of benzene rings is 2. The fourth-order valence-corrected chi connectivity index (χ4v) is 3.18. The molecule has 0 aliphatic heterocycles. The number of carbonyl (C=O) groups excluding carboxylic acids is 4. The fraction of sp³-hybridized carbons (Fsp3) is 0.214. The van der Waals surface area contributed by atoms with Crippen LogP contribution >= 0.6 is 0 Å². The number of anilines is 2. The van der Waals surface area contributed by atoms with Crippen molar-refractivity contribution in [3.8, 4) is 34.8 Å². The maximum Gasteiger partial charge on any atom is 0.269 e. The predicted octanol–water partition coefficient (Wildman–Crippen LogP) is 3.12. The molecule has 0 heterocycles. The molecular weight excluding hydrogens is 516 g/mol. The molecule has 12 nitrogen and oxygen atoms in total. The smallest absolute Gasteiger partial charge is 0.269 e. The Labute approximate surface area is 231 Å². The molecule has 0 atom stereocenters. The SMILES string of the molecule is CCC(=O)NC(=O)/C(C#N)=C/Nc1ccc(-c2ccc(N/C=C(\C#N)C(=O)NC(=O)CC)cc2OC)c(OC)c1. The van der Waals surface area contributed by atoms with Gasteiger partial charge in [-0.1, -0.05) is 13.8 Å². The van der Waals surface area contributed by atoms with Gasteiger partial charge in [-0.15, -0.1) is 0 Å². The van der Waals surface area contributed by atoms with Crippen molar-refractivity contribution in [3.63, 3.8) is 0 Å². The first-order valence-electron chi connectivity index (χ1n) is 12.0. The zero-order chi connectivity index (χ0) is 29.7. The van der Waals surface area contributed by atoms with Gasteiger partial charge in [0, 0.05) is 59.9 Å². The molecule has 0 saturated carbocycles. The predicted molar refractivity (Wildman–Crippen MR) is 147 cm³/mol. The Bertz CT molecular complexity index is 1340. The van der Waals surface area contributed by atoms with E-state index in [1.54, 1.807) is 62.4 Å². The minimum Gasteiger partial charge on any atom is -0.496 e. The van der Waals surface area contributed by atoms with Crippen molar-refractivity contribution in [3.05, 3.63) is 59.9 Å². The van der Waals surface area contributed by atoms with Crippen LogP contribution in [0.1, 0.15) is 26.7 Å². The molecule has 206 valence electrons. The summed E-state index contributed by atoms with van der Waals surface area (Å²) >= 11 is 0. The second-order valence-corrected chi connectivity index (χ2v) is 7.92. The number of carbonyl (C=O) groups is 4. The molecule has 2 aromatic rings. The summed E-state index contributed by atoms with van der Waals surface area (Å²) < 4.78 is 11.1. The van der Waals surface area contributed by atoms with Crippen LogP contribution in [0, 0.1) is 22.7 Å². The van der Waals surface area contributed by atoms with Gasteiger partial charge in [-0.05, 0) is 24.3 Å². The lowest BCUT2D eigenvalue weighted by Gasteiger charge is -2.15. The van der Waals surface area contributed by atoms with Gasteiger partial charge in [0.25, 0.3) is 11.8 Å². The number of hydrogen-bond donors (Lipinski definition) is 4. The van der Waals surface area contributed by atoms with Crippen LogP contribution in [-0.4, -0.2) is 37.8 Å². The summed E-state index contributed by atoms with van der Waals surface area (Å²) in [4.78, 5) is 47.0. The van der Waals surface area contributed by atoms with Gasteiger partial charge in [0.1, 0.15) is 34.8 Å². The summed E-state index contributed by atoms with van der Waals surface area (Å²) in [5.41, 5.74) is 1.79. The normalized spacial score (nSPS) is 10.8. The highest BCUT2D eigenvalue weighted by atomic mass is 16.5. The van der Waals surface area contributed by atoms with E-state index in [4.69, 9.17) is 9.47 Å². The van der Waals surface area contributed by atoms with E-state index in [1.165, 1.54) is 26.6 Å². The van der Waals surface area contributed by atoms with E-state index in [1.807, 2.05) is 0 Å². The van der Waals surface area contributed by atoms with Crippen LogP contribution in [0.4, 0.5) is 11.4 Å². The number of imide groups is 2. The number of rotatable bonds is 11. The zero-order valence-corrected chi connectivity index (χ0v) is 22.4. The number of nitriles is 2. The molecule has 0 fully saturated rings. The number of hydrogen-bond acceptors (Lipinski definition) is 10. The Morgan fingerprint density at radius 2 is 1.10 bits per heavy atom. The summed E-state index contributed by atoms with van der Waals surface area (Å²) in [6, 6.07) is 13.7. The molecule has 0 bridgehead atoms. The summed E-state index contributed by atoms with van der Waals surface area (Å²) in [6.07, 6.45) is 2.59. The third-order valence-electron chi connectivity index (χ3n) is 5.34.